The number of benzene rings is 1. The van der Waals surface area contributed by atoms with Gasteiger partial charge in [0.2, 0.25) is 0 Å². The summed E-state index contributed by atoms with van der Waals surface area (Å²) in [5.41, 5.74) is 5.09. The lowest BCUT2D eigenvalue weighted by atomic mass is 10.0. The molecule has 1 amide bonds. The summed E-state index contributed by atoms with van der Waals surface area (Å²) in [6, 6.07) is 10.2. The minimum absolute atomic E-state index is 0.214. The quantitative estimate of drug-likeness (QED) is 0.497. The van der Waals surface area contributed by atoms with Crippen LogP contribution in [0.25, 0.3) is 0 Å². The molecule has 3 N–H and O–H groups in total. The maximum absolute atomic E-state index is 11.4. The Labute approximate surface area is 122 Å². The van der Waals surface area contributed by atoms with E-state index < -0.39 is 5.91 Å². The van der Waals surface area contributed by atoms with E-state index in [4.69, 9.17) is 10.4 Å². The Bertz CT molecular complexity index is 611. The Kier molecular flexibility index (Phi) is 3.98. The predicted octanol–water partition coefficient (Wildman–Crippen LogP) is 0.879. The summed E-state index contributed by atoms with van der Waals surface area (Å²) in [6.45, 7) is 2.59. The Balaban J connectivity index is 1.64. The topological polar surface area (TPSA) is 84.4 Å². The molecular formula is C15H18N4O2. The Morgan fingerprint density at radius 3 is 2.57 bits per heavy atom. The van der Waals surface area contributed by atoms with Crippen LogP contribution in [0.2, 0.25) is 0 Å². The summed E-state index contributed by atoms with van der Waals surface area (Å²) in [4.78, 5) is 13.7. The Morgan fingerprint density at radius 2 is 1.95 bits per heavy atom. The summed E-state index contributed by atoms with van der Waals surface area (Å²) in [5.74, 6) is 5.32. The molecule has 1 aromatic carbocycles. The monoisotopic (exact) mass is 286 g/mol. The molecule has 2 aromatic rings. The van der Waals surface area contributed by atoms with E-state index in [1.54, 1.807) is 6.07 Å². The number of carbonyl (C=O) groups excluding carboxylic acids is 1. The lowest BCUT2D eigenvalue weighted by Gasteiger charge is -2.17. The average molecular weight is 286 g/mol. The van der Waals surface area contributed by atoms with E-state index in [9.17, 15) is 4.79 Å². The van der Waals surface area contributed by atoms with E-state index >= 15 is 0 Å². The van der Waals surface area contributed by atoms with Gasteiger partial charge in [-0.25, -0.2) is 5.84 Å². The third kappa shape index (κ3) is 3.12. The number of hydrazine groups is 1. The van der Waals surface area contributed by atoms with Gasteiger partial charge in [0.25, 0.3) is 5.91 Å². The van der Waals surface area contributed by atoms with Gasteiger partial charge in [-0.3, -0.25) is 15.1 Å². The number of nitrogens with one attached hydrogen (secondary N) is 1. The zero-order valence-electron chi connectivity index (χ0n) is 11.7. The van der Waals surface area contributed by atoms with Crippen LogP contribution in [0.5, 0.6) is 0 Å². The van der Waals surface area contributed by atoms with Gasteiger partial charge in [0.1, 0.15) is 0 Å². The number of nitrogen functional groups attached to an aromatic ring is 1. The molecular weight excluding hydrogens is 268 g/mol. The maximum atomic E-state index is 11.4. The molecule has 0 fully saturated rings. The lowest BCUT2D eigenvalue weighted by molar-refractivity contribution is 0.0944. The van der Waals surface area contributed by atoms with Crippen molar-refractivity contribution in [2.45, 2.75) is 19.4 Å². The van der Waals surface area contributed by atoms with Gasteiger partial charge in [0, 0.05) is 19.2 Å². The highest BCUT2D eigenvalue weighted by Gasteiger charge is 2.17. The second kappa shape index (κ2) is 6.07. The first kappa shape index (κ1) is 13.8. The summed E-state index contributed by atoms with van der Waals surface area (Å²) in [7, 11) is 0. The van der Waals surface area contributed by atoms with E-state index in [2.05, 4.69) is 34.3 Å². The van der Waals surface area contributed by atoms with Gasteiger partial charge in [0.05, 0.1) is 6.54 Å². The van der Waals surface area contributed by atoms with Crippen LogP contribution >= 0.6 is 0 Å². The van der Waals surface area contributed by atoms with Crippen molar-refractivity contribution in [1.82, 2.24) is 15.5 Å². The van der Waals surface area contributed by atoms with Crippen molar-refractivity contribution in [1.29, 1.82) is 0 Å². The number of amides is 1. The van der Waals surface area contributed by atoms with E-state index in [0.717, 1.165) is 25.9 Å². The maximum Gasteiger partial charge on any atom is 0.287 e. The van der Waals surface area contributed by atoms with Crippen LogP contribution in [0.1, 0.15) is 27.4 Å². The second-order valence-electron chi connectivity index (χ2n) is 5.20. The van der Waals surface area contributed by atoms with Crippen molar-refractivity contribution in [2.24, 2.45) is 5.84 Å². The molecule has 0 spiro atoms. The fourth-order valence-corrected chi connectivity index (χ4v) is 2.66. The molecule has 3 rings (SSSR count). The van der Waals surface area contributed by atoms with E-state index in [1.807, 2.05) is 5.43 Å². The molecule has 0 bridgehead atoms. The SMILES string of the molecule is NNC(=O)c1cc(CN2CCc3ccccc3CC2)on1. The van der Waals surface area contributed by atoms with Crippen molar-refractivity contribution in [2.75, 3.05) is 13.1 Å². The number of hydrogen-bond donors (Lipinski definition) is 2. The van der Waals surface area contributed by atoms with Gasteiger partial charge in [-0.1, -0.05) is 29.4 Å². The fourth-order valence-electron chi connectivity index (χ4n) is 2.66. The summed E-state index contributed by atoms with van der Waals surface area (Å²) in [5, 5.41) is 3.72. The minimum Gasteiger partial charge on any atom is -0.359 e. The molecule has 0 saturated carbocycles. The number of aromatic nitrogens is 1. The van der Waals surface area contributed by atoms with Crippen LogP contribution in [-0.2, 0) is 19.4 Å². The molecule has 0 radical (unpaired) electrons. The number of carbonyl (C=O) groups is 1. The minimum atomic E-state index is -0.437. The van der Waals surface area contributed by atoms with E-state index in [0.29, 0.717) is 12.3 Å². The van der Waals surface area contributed by atoms with Gasteiger partial charge in [-0.05, 0) is 24.0 Å². The Hall–Kier alpha value is -2.18. The van der Waals surface area contributed by atoms with Crippen LogP contribution in [0.4, 0.5) is 0 Å². The predicted molar refractivity (Wildman–Crippen MR) is 77.3 cm³/mol. The molecule has 0 unspecified atom stereocenters. The largest absolute Gasteiger partial charge is 0.359 e. The van der Waals surface area contributed by atoms with Gasteiger partial charge in [0.15, 0.2) is 11.5 Å². The van der Waals surface area contributed by atoms with Crippen molar-refractivity contribution in [3.05, 3.63) is 52.9 Å². The van der Waals surface area contributed by atoms with E-state index in [-0.39, 0.29) is 5.69 Å². The molecule has 6 nitrogen and oxygen atoms in total. The highest BCUT2D eigenvalue weighted by molar-refractivity contribution is 5.91. The van der Waals surface area contributed by atoms with Crippen molar-refractivity contribution < 1.29 is 9.32 Å². The van der Waals surface area contributed by atoms with Crippen molar-refractivity contribution in [3.63, 3.8) is 0 Å². The van der Waals surface area contributed by atoms with Crippen LogP contribution in [0, 0.1) is 0 Å². The summed E-state index contributed by atoms with van der Waals surface area (Å²) in [6.07, 6.45) is 2.06. The highest BCUT2D eigenvalue weighted by Crippen LogP contribution is 2.17. The molecule has 1 aliphatic heterocycles. The zero-order valence-corrected chi connectivity index (χ0v) is 11.7. The van der Waals surface area contributed by atoms with Crippen LogP contribution in [-0.4, -0.2) is 29.1 Å². The van der Waals surface area contributed by atoms with E-state index in [1.165, 1.54) is 11.1 Å². The third-order valence-corrected chi connectivity index (χ3v) is 3.82. The zero-order chi connectivity index (χ0) is 14.7. The molecule has 0 aliphatic carbocycles. The van der Waals surface area contributed by atoms with Crippen LogP contribution in [0.3, 0.4) is 0 Å². The van der Waals surface area contributed by atoms with Gasteiger partial charge in [-0.15, -0.1) is 0 Å². The lowest BCUT2D eigenvalue weighted by Crippen LogP contribution is -2.30. The second-order valence-corrected chi connectivity index (χ2v) is 5.20. The van der Waals surface area contributed by atoms with Gasteiger partial charge >= 0.3 is 0 Å². The first-order valence-corrected chi connectivity index (χ1v) is 7.02. The number of nitrogens with two attached hydrogens (primary N) is 1. The van der Waals surface area contributed by atoms with Gasteiger partial charge in [-0.2, -0.15) is 0 Å². The molecule has 2 heterocycles. The number of hydrogen-bond acceptors (Lipinski definition) is 5. The molecule has 6 heteroatoms. The average Bonchev–Trinajstić information content (AvgIpc) is 2.88. The third-order valence-electron chi connectivity index (χ3n) is 3.82. The fraction of sp³-hybridized carbons (Fsp3) is 0.333. The summed E-state index contributed by atoms with van der Waals surface area (Å²) >= 11 is 0. The molecule has 1 aromatic heterocycles. The van der Waals surface area contributed by atoms with Crippen LogP contribution in [0.15, 0.2) is 34.9 Å². The first-order valence-electron chi connectivity index (χ1n) is 7.02. The van der Waals surface area contributed by atoms with Crippen molar-refractivity contribution >= 4 is 5.91 Å². The number of rotatable bonds is 3. The summed E-state index contributed by atoms with van der Waals surface area (Å²) < 4.78 is 5.20. The molecule has 0 saturated heterocycles. The molecule has 1 aliphatic rings. The Morgan fingerprint density at radius 1 is 1.29 bits per heavy atom. The standard InChI is InChI=1S/C15H18N4O2/c16-17-15(20)14-9-13(21-18-14)10-19-7-5-11-3-1-2-4-12(11)6-8-19/h1-4,9H,5-8,10,16H2,(H,17,20). The smallest absolute Gasteiger partial charge is 0.287 e. The van der Waals surface area contributed by atoms with Crippen molar-refractivity contribution in [3.8, 4) is 0 Å². The highest BCUT2D eigenvalue weighted by atomic mass is 16.5. The number of nitrogens with zero attached hydrogens (tertiary/aromatic N) is 2. The van der Waals surface area contributed by atoms with Crippen LogP contribution < -0.4 is 11.3 Å². The molecule has 0 atom stereocenters. The first-order chi connectivity index (χ1) is 10.3. The van der Waals surface area contributed by atoms with Gasteiger partial charge < -0.3 is 4.52 Å². The molecule has 110 valence electrons. The normalized spacial score (nSPS) is 15.3. The molecule has 21 heavy (non-hydrogen) atoms. The number of fused-ring (bicyclic) bond motifs is 1.